The van der Waals surface area contributed by atoms with Crippen molar-refractivity contribution in [2.45, 2.75) is 6.92 Å². The van der Waals surface area contributed by atoms with Gasteiger partial charge in [0.25, 0.3) is 0 Å². The van der Waals surface area contributed by atoms with Gasteiger partial charge in [0.15, 0.2) is 0 Å². The van der Waals surface area contributed by atoms with Crippen molar-refractivity contribution in [3.05, 3.63) is 0 Å². The van der Waals surface area contributed by atoms with Gasteiger partial charge >= 0.3 is 35.5 Å². The molecule has 0 aromatic heterocycles. The molecule has 0 saturated heterocycles. The zero-order chi connectivity index (χ0) is 6.28. The fourth-order valence-electron chi connectivity index (χ4n) is 0. The first-order chi connectivity index (χ1) is 3.27. The minimum absolute atomic E-state index is 0. The predicted octanol–water partition coefficient (Wildman–Crippen LogP) is -3.47. The zero-order valence-electron chi connectivity index (χ0n) is 4.55. The Hall–Kier alpha value is 0.680. The molecule has 0 saturated carbocycles. The third-order valence-electron chi connectivity index (χ3n) is 0.129. The van der Waals surface area contributed by atoms with Gasteiger partial charge in [0.2, 0.25) is 0 Å². The maximum absolute atomic E-state index is 9.34. The van der Waals surface area contributed by atoms with Crippen molar-refractivity contribution in [3.8, 4) is 0 Å². The molecule has 1 N–H and O–H groups in total. The van der Waals surface area contributed by atoms with Crippen molar-refractivity contribution in [2.75, 3.05) is 0 Å². The van der Waals surface area contributed by atoms with Gasteiger partial charge < -0.3 is 9.55 Å². The van der Waals surface area contributed by atoms with Crippen LogP contribution in [0.4, 0.5) is 0 Å². The van der Waals surface area contributed by atoms with E-state index in [1.807, 2.05) is 0 Å². The first-order valence-corrected chi connectivity index (χ1v) is 1.55. The van der Waals surface area contributed by atoms with Crippen LogP contribution >= 0.6 is 11.9 Å². The summed E-state index contributed by atoms with van der Waals surface area (Å²) in [6.07, 6.45) is 0. The van der Waals surface area contributed by atoms with E-state index in [2.05, 4.69) is 16.8 Å². The van der Waals surface area contributed by atoms with Crippen LogP contribution in [-0.4, -0.2) is 11.2 Å². The van der Waals surface area contributed by atoms with E-state index in [0.717, 1.165) is 6.92 Å². The van der Waals surface area contributed by atoms with E-state index < -0.39 is 5.97 Å². The van der Waals surface area contributed by atoms with E-state index in [1.54, 1.807) is 0 Å². The van der Waals surface area contributed by atoms with Gasteiger partial charge in [-0.3, -0.25) is 0 Å². The normalized spacial score (nSPS) is 5.00. The van der Waals surface area contributed by atoms with Crippen LogP contribution in [0.1, 0.15) is 6.92 Å². The Labute approximate surface area is 73.8 Å². The van der Waals surface area contributed by atoms with Crippen molar-refractivity contribution in [3.63, 3.8) is 0 Å². The number of carbonyl (C=O) groups is 1. The van der Waals surface area contributed by atoms with E-state index in [4.69, 9.17) is 9.92 Å². The monoisotopic (exact) mass is 150 g/mol. The summed E-state index contributed by atoms with van der Waals surface area (Å²) in [7, 11) is 0. The largest absolute Gasteiger partial charge is 1.00 e. The second-order valence-corrected chi connectivity index (χ2v) is 0.583. The first-order valence-electron chi connectivity index (χ1n) is 1.25. The van der Waals surface area contributed by atoms with Crippen LogP contribution in [0.25, 0.3) is 0 Å². The van der Waals surface area contributed by atoms with Gasteiger partial charge in [0.05, 0.1) is 0 Å². The van der Waals surface area contributed by atoms with Gasteiger partial charge in [-0.25, -0.2) is 16.7 Å². The smallest absolute Gasteiger partial charge is 0.769 e. The molecular weight excluding hydrogens is 146 g/mol. The molecule has 44 valence electrons. The third kappa shape index (κ3) is 30.0. The number of rotatable bonds is 0. The molecule has 0 aliphatic heterocycles. The van der Waals surface area contributed by atoms with Crippen LogP contribution in [0.3, 0.4) is 0 Å². The summed E-state index contributed by atoms with van der Waals surface area (Å²) in [5.74, 6) is -0.690. The predicted molar refractivity (Wildman–Crippen MR) is 20.2 cm³/mol. The van der Waals surface area contributed by atoms with Gasteiger partial charge in [0.1, 0.15) is 0 Å². The molecule has 0 spiro atoms. The molecule has 8 heavy (non-hydrogen) atoms. The van der Waals surface area contributed by atoms with Crippen LogP contribution in [0.5, 0.6) is 0 Å². The van der Waals surface area contributed by atoms with Crippen LogP contribution < -0.4 is 34.2 Å². The van der Waals surface area contributed by atoms with E-state index >= 15 is 0 Å². The summed E-state index contributed by atoms with van der Waals surface area (Å²) in [6.45, 7) is 1.11. The fourth-order valence-corrected chi connectivity index (χ4v) is 0. The van der Waals surface area contributed by atoms with Gasteiger partial charge in [0, 0.05) is 6.92 Å². The van der Waals surface area contributed by atoms with Crippen LogP contribution in [0, 0.1) is 0 Å². The Kier molecular flexibility index (Phi) is 31.0. The summed E-state index contributed by atoms with van der Waals surface area (Å²) >= 11 is 3.39. The topological polar surface area (TPSA) is 69.6 Å². The van der Waals surface area contributed by atoms with E-state index in [0.29, 0.717) is 0 Å². The summed E-state index contributed by atoms with van der Waals surface area (Å²) in [4.78, 5) is 12.5. The maximum atomic E-state index is 9.34. The summed E-state index contributed by atoms with van der Waals surface area (Å²) in [5, 5.41) is 7.29. The molecule has 0 radical (unpaired) electrons. The van der Waals surface area contributed by atoms with Crippen molar-refractivity contribution < 1.29 is 49.2 Å². The minimum atomic E-state index is -0.690. The van der Waals surface area contributed by atoms with E-state index in [9.17, 15) is 4.79 Å². The zero-order valence-corrected chi connectivity index (χ0v) is 7.31. The first kappa shape index (κ1) is 15.9. The SMILES string of the molecule is CC(=O)OO.[Na+].[O-]Cl. The molecule has 0 heterocycles. The molecule has 0 bridgehead atoms. The van der Waals surface area contributed by atoms with Crippen molar-refractivity contribution in [2.24, 2.45) is 0 Å². The number of hydrogen-bond donors (Lipinski definition) is 1. The summed E-state index contributed by atoms with van der Waals surface area (Å²) < 4.78 is 7.72. The van der Waals surface area contributed by atoms with Gasteiger partial charge in [-0.15, -0.1) is 0 Å². The standard InChI is InChI=1S/C2H4O3.ClO.Na/c1-2(3)5-4;1-2;/h4H,1H3;;/q;-1;+1. The molecule has 6 heteroatoms. The van der Waals surface area contributed by atoms with Gasteiger partial charge in [-0.2, -0.15) is 5.26 Å². The second-order valence-electron chi connectivity index (χ2n) is 0.583. The van der Waals surface area contributed by atoms with Crippen molar-refractivity contribution >= 4 is 17.8 Å². The van der Waals surface area contributed by atoms with E-state index in [1.165, 1.54) is 0 Å². The summed E-state index contributed by atoms with van der Waals surface area (Å²) in [6, 6.07) is 0. The minimum Gasteiger partial charge on any atom is -0.769 e. The average Bonchev–Trinajstić information content (AvgIpc) is 1.73. The Morgan fingerprint density at radius 3 is 1.88 bits per heavy atom. The van der Waals surface area contributed by atoms with Crippen LogP contribution in [0.2, 0.25) is 0 Å². The maximum Gasteiger partial charge on any atom is 1.00 e. The Balaban J connectivity index is -0.0000000750. The molecule has 0 aliphatic rings. The molecular formula is C2H4ClNaO4. The summed E-state index contributed by atoms with van der Waals surface area (Å²) in [5.41, 5.74) is 0. The molecule has 0 aromatic carbocycles. The Morgan fingerprint density at radius 2 is 1.88 bits per heavy atom. The van der Waals surface area contributed by atoms with Crippen molar-refractivity contribution in [1.82, 2.24) is 0 Å². The Morgan fingerprint density at radius 1 is 1.75 bits per heavy atom. The Bertz CT molecular complexity index is 49.3. The molecule has 4 nitrogen and oxygen atoms in total. The van der Waals surface area contributed by atoms with E-state index in [-0.39, 0.29) is 29.6 Å². The number of hydrogen-bond acceptors (Lipinski definition) is 4. The molecule has 0 aliphatic carbocycles. The molecule has 0 fully saturated rings. The number of carbonyl (C=O) groups excluding carboxylic acids is 1. The van der Waals surface area contributed by atoms with Gasteiger partial charge in [-0.1, -0.05) is 0 Å². The third-order valence-corrected chi connectivity index (χ3v) is 0.129. The average molecular weight is 150 g/mol. The van der Waals surface area contributed by atoms with Crippen molar-refractivity contribution in [1.29, 1.82) is 0 Å². The quantitative estimate of drug-likeness (QED) is 0.221. The molecule has 0 amide bonds. The molecule has 0 unspecified atom stereocenters. The molecule has 0 atom stereocenters. The van der Waals surface area contributed by atoms with Crippen LogP contribution in [0.15, 0.2) is 0 Å². The second kappa shape index (κ2) is 15.6. The van der Waals surface area contributed by atoms with Gasteiger partial charge in [-0.05, 0) is 0 Å². The van der Waals surface area contributed by atoms with Crippen LogP contribution in [-0.2, 0) is 9.68 Å². The molecule has 0 rings (SSSR count). The fraction of sp³-hybridized carbons (Fsp3) is 0.500. The number of halogens is 1. The molecule has 0 aromatic rings.